The largest absolute Gasteiger partial charge is 0.479 e. The van der Waals surface area contributed by atoms with Crippen LogP contribution >= 0.6 is 11.3 Å². The Morgan fingerprint density at radius 3 is 2.65 bits per heavy atom. The Hall–Kier alpha value is -1.56. The topological polar surface area (TPSA) is 69.6 Å². The fourth-order valence-corrected chi connectivity index (χ4v) is 3.34. The Morgan fingerprint density at radius 1 is 1.40 bits per heavy atom. The molecule has 1 aromatic rings. The second kappa shape index (κ2) is 6.74. The fourth-order valence-electron chi connectivity index (χ4n) is 2.57. The minimum atomic E-state index is -1.03. The minimum absolute atomic E-state index is 0.224. The van der Waals surface area contributed by atoms with Crippen molar-refractivity contribution in [2.45, 2.75) is 44.2 Å². The lowest BCUT2D eigenvalue weighted by molar-refractivity contribution is -0.139. The molecule has 1 saturated carbocycles. The van der Waals surface area contributed by atoms with Gasteiger partial charge in [-0.05, 0) is 24.3 Å². The molecule has 2 N–H and O–H groups in total. The summed E-state index contributed by atoms with van der Waals surface area (Å²) in [4.78, 5) is 25.8. The van der Waals surface area contributed by atoms with Crippen LogP contribution in [-0.4, -0.2) is 35.1 Å². The third kappa shape index (κ3) is 3.50. The van der Waals surface area contributed by atoms with Crippen molar-refractivity contribution in [3.63, 3.8) is 0 Å². The summed E-state index contributed by atoms with van der Waals surface area (Å²) in [5.74, 6) is -1.03. The molecule has 2 rings (SSSR count). The van der Waals surface area contributed by atoms with Crippen molar-refractivity contribution in [2.75, 3.05) is 7.05 Å². The average Bonchev–Trinajstić information content (AvgIpc) is 2.98. The van der Waals surface area contributed by atoms with E-state index in [0.29, 0.717) is 4.88 Å². The van der Waals surface area contributed by atoms with Gasteiger partial charge in [-0.2, -0.15) is 0 Å². The van der Waals surface area contributed by atoms with Crippen LogP contribution in [0, 0.1) is 0 Å². The number of amides is 2. The summed E-state index contributed by atoms with van der Waals surface area (Å²) in [7, 11) is 1.75. The number of aliphatic carboxylic acids is 1. The Balaban J connectivity index is 1.99. The van der Waals surface area contributed by atoms with Gasteiger partial charge < -0.3 is 15.3 Å². The Morgan fingerprint density at radius 2 is 2.10 bits per heavy atom. The number of hydrogen-bond acceptors (Lipinski definition) is 3. The third-order valence-electron chi connectivity index (χ3n) is 3.79. The van der Waals surface area contributed by atoms with Crippen molar-refractivity contribution < 1.29 is 14.7 Å². The second-order valence-corrected chi connectivity index (χ2v) is 6.12. The van der Waals surface area contributed by atoms with Crippen molar-refractivity contribution in [3.8, 4) is 0 Å². The maximum atomic E-state index is 12.2. The van der Waals surface area contributed by atoms with E-state index >= 15 is 0 Å². The van der Waals surface area contributed by atoms with Crippen LogP contribution in [0.1, 0.15) is 43.0 Å². The lowest BCUT2D eigenvalue weighted by Crippen LogP contribution is -2.46. The zero-order valence-electron chi connectivity index (χ0n) is 11.5. The van der Waals surface area contributed by atoms with Crippen LogP contribution < -0.4 is 5.32 Å². The predicted molar refractivity (Wildman–Crippen MR) is 77.9 cm³/mol. The minimum Gasteiger partial charge on any atom is -0.479 e. The van der Waals surface area contributed by atoms with Crippen LogP contribution in [0.15, 0.2) is 17.5 Å². The first-order valence-corrected chi connectivity index (χ1v) is 7.77. The SMILES string of the molecule is CN(C(=O)NC(C(=O)O)c1cccs1)C1CCCCC1. The third-order valence-corrected chi connectivity index (χ3v) is 4.72. The first kappa shape index (κ1) is 14.8. The van der Waals surface area contributed by atoms with Crippen molar-refractivity contribution in [3.05, 3.63) is 22.4 Å². The summed E-state index contributed by atoms with van der Waals surface area (Å²) in [6.45, 7) is 0. The number of carbonyl (C=O) groups excluding carboxylic acids is 1. The Bertz CT molecular complexity index is 455. The molecule has 1 heterocycles. The van der Waals surface area contributed by atoms with E-state index in [4.69, 9.17) is 0 Å². The van der Waals surface area contributed by atoms with Crippen molar-refractivity contribution in [1.82, 2.24) is 10.2 Å². The zero-order chi connectivity index (χ0) is 14.5. The van der Waals surface area contributed by atoms with Gasteiger partial charge in [-0.25, -0.2) is 9.59 Å². The molecule has 5 nitrogen and oxygen atoms in total. The van der Waals surface area contributed by atoms with Gasteiger partial charge in [-0.1, -0.05) is 25.3 Å². The summed E-state index contributed by atoms with van der Waals surface area (Å²) in [6, 6.07) is 2.46. The summed E-state index contributed by atoms with van der Waals surface area (Å²) in [6.07, 6.45) is 5.49. The number of nitrogens with zero attached hydrogens (tertiary/aromatic N) is 1. The van der Waals surface area contributed by atoms with Crippen molar-refractivity contribution in [1.29, 1.82) is 0 Å². The number of urea groups is 1. The molecule has 110 valence electrons. The fraction of sp³-hybridized carbons (Fsp3) is 0.571. The molecule has 2 amide bonds. The van der Waals surface area contributed by atoms with Gasteiger partial charge in [-0.3, -0.25) is 0 Å². The van der Waals surface area contributed by atoms with Gasteiger partial charge in [0.25, 0.3) is 0 Å². The number of carbonyl (C=O) groups is 2. The van der Waals surface area contributed by atoms with Crippen LogP contribution in [0.5, 0.6) is 0 Å². The molecule has 6 heteroatoms. The molecule has 20 heavy (non-hydrogen) atoms. The second-order valence-electron chi connectivity index (χ2n) is 5.14. The maximum Gasteiger partial charge on any atom is 0.331 e. The summed E-state index contributed by atoms with van der Waals surface area (Å²) < 4.78 is 0. The molecule has 0 aromatic carbocycles. The first-order valence-electron chi connectivity index (χ1n) is 6.89. The van der Waals surface area contributed by atoms with Gasteiger partial charge in [0.05, 0.1) is 0 Å². The normalized spacial score (nSPS) is 17.4. The number of rotatable bonds is 4. The molecule has 0 spiro atoms. The molecule has 1 aromatic heterocycles. The van der Waals surface area contributed by atoms with Crippen LogP contribution in [-0.2, 0) is 4.79 Å². The molecule has 1 atom stereocenters. The molecule has 0 radical (unpaired) electrons. The monoisotopic (exact) mass is 296 g/mol. The van der Waals surface area contributed by atoms with E-state index in [2.05, 4.69) is 5.32 Å². The molecule has 0 saturated heterocycles. The molecule has 0 aliphatic heterocycles. The standard InChI is InChI=1S/C14H20N2O3S/c1-16(10-6-3-2-4-7-10)14(19)15-12(13(17)18)11-8-5-9-20-11/h5,8-10,12H,2-4,6-7H2,1H3,(H,15,19)(H,17,18). The number of thiophene rings is 1. The van der Waals surface area contributed by atoms with Gasteiger partial charge in [0, 0.05) is 18.0 Å². The molecule has 0 bridgehead atoms. The van der Waals surface area contributed by atoms with Crippen molar-refractivity contribution in [2.24, 2.45) is 0 Å². The van der Waals surface area contributed by atoms with E-state index in [9.17, 15) is 14.7 Å². The summed E-state index contributed by atoms with van der Waals surface area (Å²) in [5.41, 5.74) is 0. The van der Waals surface area contributed by atoms with E-state index in [1.165, 1.54) is 17.8 Å². The number of hydrogen-bond donors (Lipinski definition) is 2. The van der Waals surface area contributed by atoms with Crippen LogP contribution in [0.25, 0.3) is 0 Å². The van der Waals surface area contributed by atoms with Gasteiger partial charge in [-0.15, -0.1) is 11.3 Å². The molecule has 1 unspecified atom stereocenters. The Labute approximate surface area is 122 Å². The molecular formula is C14H20N2O3S. The quantitative estimate of drug-likeness (QED) is 0.897. The average molecular weight is 296 g/mol. The van der Waals surface area contributed by atoms with E-state index in [0.717, 1.165) is 25.7 Å². The van der Waals surface area contributed by atoms with E-state index in [-0.39, 0.29) is 12.1 Å². The Kier molecular flexibility index (Phi) is 5.00. The molecule has 1 aliphatic carbocycles. The van der Waals surface area contributed by atoms with Gasteiger partial charge in [0.15, 0.2) is 6.04 Å². The predicted octanol–water partition coefficient (Wildman–Crippen LogP) is 2.85. The lowest BCUT2D eigenvalue weighted by Gasteiger charge is -2.32. The van der Waals surface area contributed by atoms with Gasteiger partial charge in [0.2, 0.25) is 0 Å². The summed E-state index contributed by atoms with van der Waals surface area (Å²) in [5, 5.41) is 13.7. The number of nitrogens with one attached hydrogen (secondary N) is 1. The van der Waals surface area contributed by atoms with Crippen LogP contribution in [0.4, 0.5) is 4.79 Å². The lowest BCUT2D eigenvalue weighted by atomic mass is 9.95. The van der Waals surface area contributed by atoms with Gasteiger partial charge in [0.1, 0.15) is 0 Å². The summed E-state index contributed by atoms with van der Waals surface area (Å²) >= 11 is 1.33. The first-order chi connectivity index (χ1) is 9.59. The van der Waals surface area contributed by atoms with Crippen molar-refractivity contribution >= 4 is 23.3 Å². The molecular weight excluding hydrogens is 276 g/mol. The smallest absolute Gasteiger partial charge is 0.331 e. The van der Waals surface area contributed by atoms with Crippen LogP contribution in [0.3, 0.4) is 0 Å². The molecule has 1 aliphatic rings. The molecule has 1 fully saturated rings. The van der Waals surface area contributed by atoms with Gasteiger partial charge >= 0.3 is 12.0 Å². The highest BCUT2D eigenvalue weighted by Crippen LogP contribution is 2.23. The highest BCUT2D eigenvalue weighted by atomic mass is 32.1. The highest BCUT2D eigenvalue weighted by Gasteiger charge is 2.27. The number of carboxylic acids is 1. The zero-order valence-corrected chi connectivity index (χ0v) is 12.4. The van der Waals surface area contributed by atoms with E-state index in [1.54, 1.807) is 24.1 Å². The van der Waals surface area contributed by atoms with E-state index < -0.39 is 12.0 Å². The number of carboxylic acid groups (broad SMARTS) is 1. The highest BCUT2D eigenvalue weighted by molar-refractivity contribution is 7.10. The van der Waals surface area contributed by atoms with E-state index in [1.807, 2.05) is 5.38 Å². The van der Waals surface area contributed by atoms with Crippen LogP contribution in [0.2, 0.25) is 0 Å². The maximum absolute atomic E-state index is 12.2.